The van der Waals surface area contributed by atoms with Gasteiger partial charge in [0.2, 0.25) is 5.91 Å². The Balaban J connectivity index is 1.18. The minimum atomic E-state index is -0.747. The van der Waals surface area contributed by atoms with Crippen molar-refractivity contribution >= 4 is 17.7 Å². The van der Waals surface area contributed by atoms with Crippen molar-refractivity contribution in [3.63, 3.8) is 0 Å². The van der Waals surface area contributed by atoms with Gasteiger partial charge in [-0.25, -0.2) is 4.39 Å². The van der Waals surface area contributed by atoms with Gasteiger partial charge in [0.15, 0.2) is 0 Å². The molecule has 4 rings (SSSR count). The number of alkyl halides is 1. The van der Waals surface area contributed by atoms with Crippen molar-refractivity contribution in [2.45, 2.75) is 49.1 Å². The summed E-state index contributed by atoms with van der Waals surface area (Å²) in [5.41, 5.74) is 0. The van der Waals surface area contributed by atoms with Gasteiger partial charge in [0.1, 0.15) is 6.17 Å². The van der Waals surface area contributed by atoms with Crippen LogP contribution >= 0.6 is 11.8 Å². The monoisotopic (exact) mass is 343 g/mol. The second-order valence-electron chi connectivity index (χ2n) is 7.67. The first kappa shape index (κ1) is 16.2. The predicted octanol–water partition coefficient (Wildman–Crippen LogP) is 2.26. The quantitative estimate of drug-likeness (QED) is 0.785. The normalized spacial score (nSPS) is 36.7. The number of carbonyl (C=O) groups is 1. The van der Waals surface area contributed by atoms with Gasteiger partial charge in [-0.1, -0.05) is 0 Å². The van der Waals surface area contributed by atoms with Crippen LogP contribution in [0.15, 0.2) is 0 Å². The van der Waals surface area contributed by atoms with Crippen molar-refractivity contribution in [2.75, 3.05) is 38.7 Å². The van der Waals surface area contributed by atoms with Crippen LogP contribution in [0.3, 0.4) is 0 Å². The molecule has 0 bridgehead atoms. The average Bonchev–Trinajstić information content (AvgIpc) is 2.93. The number of nitrogens with zero attached hydrogens (tertiary/aromatic N) is 1. The molecule has 4 nitrogen and oxygen atoms in total. The zero-order chi connectivity index (χ0) is 15.9. The Morgan fingerprint density at radius 2 is 2.04 bits per heavy atom. The van der Waals surface area contributed by atoms with Gasteiger partial charge >= 0.3 is 0 Å². The molecule has 0 N–H and O–H groups in total. The highest BCUT2D eigenvalue weighted by Gasteiger charge is 2.52. The van der Waals surface area contributed by atoms with Gasteiger partial charge in [-0.2, -0.15) is 0 Å². The van der Waals surface area contributed by atoms with Crippen LogP contribution in [-0.2, 0) is 14.3 Å². The lowest BCUT2D eigenvalue weighted by Gasteiger charge is -2.49. The van der Waals surface area contributed by atoms with Gasteiger partial charge in [0.05, 0.1) is 10.9 Å². The van der Waals surface area contributed by atoms with E-state index < -0.39 is 6.17 Å². The Morgan fingerprint density at radius 3 is 2.74 bits per heavy atom. The van der Waals surface area contributed by atoms with Crippen molar-refractivity contribution in [1.82, 2.24) is 4.90 Å². The summed E-state index contributed by atoms with van der Waals surface area (Å²) in [4.78, 5) is 14.1. The van der Waals surface area contributed by atoms with Gasteiger partial charge in [-0.3, -0.25) is 4.79 Å². The van der Waals surface area contributed by atoms with Crippen LogP contribution < -0.4 is 0 Å². The maximum Gasteiger partial charge on any atom is 0.225 e. The van der Waals surface area contributed by atoms with E-state index in [4.69, 9.17) is 9.47 Å². The molecule has 3 saturated heterocycles. The number of thioether (sulfide) groups is 1. The number of amides is 1. The number of ether oxygens (including phenoxy) is 2. The van der Waals surface area contributed by atoms with Gasteiger partial charge in [0, 0.05) is 44.6 Å². The minimum Gasteiger partial charge on any atom is -0.381 e. The molecule has 0 aromatic heterocycles. The Kier molecular flexibility index (Phi) is 4.58. The molecule has 0 unspecified atom stereocenters. The fourth-order valence-corrected chi connectivity index (χ4v) is 5.68. The van der Waals surface area contributed by atoms with Crippen LogP contribution in [-0.4, -0.2) is 66.5 Å². The highest BCUT2D eigenvalue weighted by atomic mass is 32.2. The second kappa shape index (κ2) is 6.52. The van der Waals surface area contributed by atoms with E-state index in [0.29, 0.717) is 24.9 Å². The first-order chi connectivity index (χ1) is 11.1. The zero-order valence-electron chi connectivity index (χ0n) is 13.5. The lowest BCUT2D eigenvalue weighted by Crippen LogP contribution is -2.62. The van der Waals surface area contributed by atoms with Crippen LogP contribution in [0.25, 0.3) is 0 Å². The molecule has 1 atom stereocenters. The molecular formula is C17H26FNO3S. The van der Waals surface area contributed by atoms with Gasteiger partial charge in [-0.05, 0) is 38.0 Å². The minimum absolute atomic E-state index is 0.0469. The van der Waals surface area contributed by atoms with E-state index in [0.717, 1.165) is 57.9 Å². The van der Waals surface area contributed by atoms with Gasteiger partial charge in [0.25, 0.3) is 0 Å². The van der Waals surface area contributed by atoms with Crippen molar-refractivity contribution < 1.29 is 18.7 Å². The molecule has 4 fully saturated rings. The standard InChI is InChI=1S/C17H26FNO3S/c18-14-5-13(6-14)16(20)19-10-17(11-19)7-15(9-23-17)22-8-12-1-3-21-4-2-12/h12-15H,1-11H2/t13?,14?,15-/m0/s1. The summed E-state index contributed by atoms with van der Waals surface area (Å²) in [6, 6.07) is 0. The fourth-order valence-electron chi connectivity index (χ4n) is 4.13. The number of rotatable bonds is 4. The maximum absolute atomic E-state index is 12.9. The van der Waals surface area contributed by atoms with E-state index in [1.54, 1.807) is 0 Å². The third kappa shape index (κ3) is 3.40. The van der Waals surface area contributed by atoms with Crippen molar-refractivity contribution in [3.05, 3.63) is 0 Å². The van der Waals surface area contributed by atoms with Crippen molar-refractivity contribution in [2.24, 2.45) is 11.8 Å². The third-order valence-corrected chi connectivity index (χ3v) is 7.36. The van der Waals surface area contributed by atoms with Crippen molar-refractivity contribution in [1.29, 1.82) is 0 Å². The molecule has 1 aliphatic carbocycles. The molecule has 4 aliphatic rings. The Hall–Kier alpha value is -0.330. The van der Waals surface area contributed by atoms with Gasteiger partial charge < -0.3 is 14.4 Å². The summed E-state index contributed by atoms with van der Waals surface area (Å²) in [6.07, 6.45) is 3.75. The van der Waals surface area contributed by atoms with Crippen LogP contribution in [0.2, 0.25) is 0 Å². The summed E-state index contributed by atoms with van der Waals surface area (Å²) in [5.74, 6) is 1.82. The largest absolute Gasteiger partial charge is 0.381 e. The molecule has 1 saturated carbocycles. The number of hydrogen-bond donors (Lipinski definition) is 0. The number of halogens is 1. The number of hydrogen-bond acceptors (Lipinski definition) is 4. The third-order valence-electron chi connectivity index (χ3n) is 5.78. The Morgan fingerprint density at radius 1 is 1.30 bits per heavy atom. The maximum atomic E-state index is 12.9. The predicted molar refractivity (Wildman–Crippen MR) is 87.3 cm³/mol. The van der Waals surface area contributed by atoms with E-state index in [-0.39, 0.29) is 16.6 Å². The molecule has 6 heteroatoms. The molecule has 0 aromatic carbocycles. The summed E-state index contributed by atoms with van der Waals surface area (Å²) in [5, 5.41) is 0. The van der Waals surface area contributed by atoms with Crippen LogP contribution in [0, 0.1) is 11.8 Å². The Labute approximate surface area is 141 Å². The van der Waals surface area contributed by atoms with Gasteiger partial charge in [-0.15, -0.1) is 11.8 Å². The van der Waals surface area contributed by atoms with E-state index in [1.807, 2.05) is 16.7 Å². The first-order valence-corrected chi connectivity index (χ1v) is 9.88. The Bertz CT molecular complexity index is 445. The van der Waals surface area contributed by atoms with E-state index in [2.05, 4.69) is 0 Å². The van der Waals surface area contributed by atoms with E-state index in [9.17, 15) is 9.18 Å². The number of carbonyl (C=O) groups excluding carboxylic acids is 1. The molecular weight excluding hydrogens is 317 g/mol. The fraction of sp³-hybridized carbons (Fsp3) is 0.941. The molecule has 1 spiro atoms. The smallest absolute Gasteiger partial charge is 0.225 e. The molecule has 23 heavy (non-hydrogen) atoms. The first-order valence-electron chi connectivity index (χ1n) is 8.90. The second-order valence-corrected chi connectivity index (χ2v) is 9.16. The molecule has 1 amide bonds. The topological polar surface area (TPSA) is 38.8 Å². The SMILES string of the molecule is O=C(C1CC(F)C1)N1CC2(C[C@H](OCC3CCOCC3)CS2)C1. The number of likely N-dealkylation sites (tertiary alicyclic amines) is 1. The van der Waals surface area contributed by atoms with Crippen molar-refractivity contribution in [3.8, 4) is 0 Å². The molecule has 0 radical (unpaired) electrons. The summed E-state index contributed by atoms with van der Waals surface area (Å²) < 4.78 is 24.6. The lowest BCUT2D eigenvalue weighted by atomic mass is 9.80. The van der Waals surface area contributed by atoms with E-state index >= 15 is 0 Å². The molecule has 3 aliphatic heterocycles. The summed E-state index contributed by atoms with van der Waals surface area (Å²) in [7, 11) is 0. The van der Waals surface area contributed by atoms with Crippen LogP contribution in [0.4, 0.5) is 4.39 Å². The zero-order valence-corrected chi connectivity index (χ0v) is 14.4. The highest BCUT2D eigenvalue weighted by molar-refractivity contribution is 8.01. The highest BCUT2D eigenvalue weighted by Crippen LogP contribution is 2.47. The molecule has 3 heterocycles. The van der Waals surface area contributed by atoms with Crippen LogP contribution in [0.1, 0.15) is 32.1 Å². The van der Waals surface area contributed by atoms with Crippen LogP contribution in [0.5, 0.6) is 0 Å². The molecule has 0 aromatic rings. The molecule has 130 valence electrons. The average molecular weight is 343 g/mol. The summed E-state index contributed by atoms with van der Waals surface area (Å²) in [6.45, 7) is 4.26. The lowest BCUT2D eigenvalue weighted by molar-refractivity contribution is -0.146. The van der Waals surface area contributed by atoms with E-state index in [1.165, 1.54) is 0 Å². The summed E-state index contributed by atoms with van der Waals surface area (Å²) >= 11 is 1.97.